The van der Waals surface area contributed by atoms with E-state index in [2.05, 4.69) is 10.5 Å². The zero-order valence-corrected chi connectivity index (χ0v) is 21.2. The van der Waals surface area contributed by atoms with Crippen LogP contribution in [0.1, 0.15) is 23.6 Å². The van der Waals surface area contributed by atoms with Crippen molar-refractivity contribution in [3.8, 4) is 11.5 Å². The third-order valence-corrected chi connectivity index (χ3v) is 7.03. The molecule has 0 atom stereocenters. The second-order valence-electron chi connectivity index (χ2n) is 7.97. The molecule has 0 aromatic heterocycles. The van der Waals surface area contributed by atoms with E-state index in [4.69, 9.17) is 9.47 Å². The number of aryl methyl sites for hydroxylation is 2. The van der Waals surface area contributed by atoms with Crippen LogP contribution in [0.5, 0.6) is 11.5 Å². The van der Waals surface area contributed by atoms with Crippen LogP contribution in [-0.4, -0.2) is 40.8 Å². The minimum absolute atomic E-state index is 0.0360. The van der Waals surface area contributed by atoms with Crippen LogP contribution in [0.3, 0.4) is 0 Å². The van der Waals surface area contributed by atoms with Crippen molar-refractivity contribution in [3.05, 3.63) is 83.4 Å². The summed E-state index contributed by atoms with van der Waals surface area (Å²) in [4.78, 5) is 12.8. The summed E-state index contributed by atoms with van der Waals surface area (Å²) in [5.74, 6) is 0.0813. The molecule has 0 aliphatic rings. The first kappa shape index (κ1) is 25.8. The zero-order valence-electron chi connectivity index (χ0n) is 20.4. The Labute approximate surface area is 206 Å². The number of anilines is 1. The second kappa shape index (κ2) is 11.1. The van der Waals surface area contributed by atoms with Crippen LogP contribution >= 0.6 is 0 Å². The normalized spacial score (nSPS) is 11.6. The van der Waals surface area contributed by atoms with E-state index >= 15 is 0 Å². The summed E-state index contributed by atoms with van der Waals surface area (Å²) in [6.07, 6.45) is 0. The Bertz CT molecular complexity index is 1320. The molecular formula is C26H29N3O5S. The van der Waals surface area contributed by atoms with E-state index in [0.717, 1.165) is 21.0 Å². The first-order chi connectivity index (χ1) is 16.6. The van der Waals surface area contributed by atoms with Crippen LogP contribution in [0.4, 0.5) is 5.69 Å². The topological polar surface area (TPSA) is 97.3 Å². The molecule has 0 aliphatic heterocycles. The van der Waals surface area contributed by atoms with Crippen LogP contribution in [0.25, 0.3) is 0 Å². The van der Waals surface area contributed by atoms with Gasteiger partial charge in [0.1, 0.15) is 6.54 Å². The highest BCUT2D eigenvalue weighted by molar-refractivity contribution is 7.92. The Morgan fingerprint density at radius 2 is 1.54 bits per heavy atom. The van der Waals surface area contributed by atoms with Crippen molar-refractivity contribution in [1.29, 1.82) is 0 Å². The summed E-state index contributed by atoms with van der Waals surface area (Å²) in [7, 11) is -1.25. The molecule has 0 radical (unpaired) electrons. The summed E-state index contributed by atoms with van der Waals surface area (Å²) >= 11 is 0. The summed E-state index contributed by atoms with van der Waals surface area (Å²) in [6.45, 7) is 5.03. The predicted octanol–water partition coefficient (Wildman–Crippen LogP) is 4.06. The smallest absolute Gasteiger partial charge is 0.264 e. The maximum absolute atomic E-state index is 13.7. The van der Waals surface area contributed by atoms with Gasteiger partial charge in [0.25, 0.3) is 15.9 Å². The molecular weight excluding hydrogens is 466 g/mol. The van der Waals surface area contributed by atoms with Crippen molar-refractivity contribution < 1.29 is 22.7 Å². The molecule has 0 heterocycles. The van der Waals surface area contributed by atoms with Gasteiger partial charge in [-0.2, -0.15) is 5.10 Å². The number of benzene rings is 3. The lowest BCUT2D eigenvalue weighted by molar-refractivity contribution is -0.119. The lowest BCUT2D eigenvalue weighted by Crippen LogP contribution is -2.39. The van der Waals surface area contributed by atoms with Gasteiger partial charge in [-0.05, 0) is 61.7 Å². The van der Waals surface area contributed by atoms with Crippen molar-refractivity contribution in [1.82, 2.24) is 5.43 Å². The summed E-state index contributed by atoms with van der Waals surface area (Å²) < 4.78 is 39.0. The number of hydrazone groups is 1. The molecule has 184 valence electrons. The fourth-order valence-electron chi connectivity index (χ4n) is 3.57. The van der Waals surface area contributed by atoms with Gasteiger partial charge in [0, 0.05) is 6.07 Å². The van der Waals surface area contributed by atoms with Crippen molar-refractivity contribution in [3.63, 3.8) is 0 Å². The van der Waals surface area contributed by atoms with Gasteiger partial charge in [-0.25, -0.2) is 13.8 Å². The standard InChI is InChI=1S/C26H29N3O5S/c1-18-13-19(2)15-22(14-18)29(17-26(30)28-27-20(3)21-9-7-6-8-10-21)35(31,32)23-11-12-24(33-4)25(16-23)34-5/h6-16H,17H2,1-5H3,(H,28,30)/b27-20+. The highest BCUT2D eigenvalue weighted by atomic mass is 32.2. The Morgan fingerprint density at radius 3 is 2.14 bits per heavy atom. The molecule has 0 fully saturated rings. The van der Waals surface area contributed by atoms with Gasteiger partial charge in [-0.15, -0.1) is 0 Å². The number of nitrogens with zero attached hydrogens (tertiary/aromatic N) is 2. The number of amides is 1. The molecule has 0 bridgehead atoms. The van der Waals surface area contributed by atoms with Gasteiger partial charge in [-0.3, -0.25) is 9.10 Å². The molecule has 3 rings (SSSR count). The summed E-state index contributed by atoms with van der Waals surface area (Å²) in [5, 5.41) is 4.14. The monoisotopic (exact) mass is 495 g/mol. The van der Waals surface area contributed by atoms with Gasteiger partial charge in [0.2, 0.25) is 0 Å². The minimum Gasteiger partial charge on any atom is -0.493 e. The fourth-order valence-corrected chi connectivity index (χ4v) is 4.99. The second-order valence-corrected chi connectivity index (χ2v) is 9.83. The van der Waals surface area contributed by atoms with Gasteiger partial charge < -0.3 is 9.47 Å². The van der Waals surface area contributed by atoms with Crippen LogP contribution in [-0.2, 0) is 14.8 Å². The number of hydrogen-bond acceptors (Lipinski definition) is 6. The van der Waals surface area contributed by atoms with E-state index in [9.17, 15) is 13.2 Å². The number of rotatable bonds is 9. The molecule has 1 amide bonds. The minimum atomic E-state index is -4.14. The van der Waals surface area contributed by atoms with Crippen molar-refractivity contribution in [2.24, 2.45) is 5.10 Å². The predicted molar refractivity (Wildman–Crippen MR) is 137 cm³/mol. The van der Waals surface area contributed by atoms with E-state index in [-0.39, 0.29) is 10.6 Å². The lowest BCUT2D eigenvalue weighted by atomic mass is 10.1. The van der Waals surface area contributed by atoms with E-state index in [1.54, 1.807) is 19.1 Å². The van der Waals surface area contributed by atoms with Crippen LogP contribution in [0, 0.1) is 13.8 Å². The highest BCUT2D eigenvalue weighted by Gasteiger charge is 2.28. The summed E-state index contributed by atoms with van der Waals surface area (Å²) in [6, 6.07) is 19.0. The average molecular weight is 496 g/mol. The molecule has 35 heavy (non-hydrogen) atoms. The molecule has 0 spiro atoms. The van der Waals surface area contributed by atoms with Gasteiger partial charge >= 0.3 is 0 Å². The van der Waals surface area contributed by atoms with Crippen molar-refractivity contribution in [2.45, 2.75) is 25.7 Å². The van der Waals surface area contributed by atoms with E-state index in [1.165, 1.54) is 32.4 Å². The molecule has 3 aromatic rings. The SMILES string of the molecule is COc1ccc(S(=O)(=O)N(CC(=O)N/N=C(\C)c2ccccc2)c2cc(C)cc(C)c2)cc1OC. The van der Waals surface area contributed by atoms with Crippen LogP contribution < -0.4 is 19.2 Å². The summed E-state index contributed by atoms with van der Waals surface area (Å²) in [5.41, 5.74) is 6.02. The van der Waals surface area contributed by atoms with E-state index < -0.39 is 22.5 Å². The number of nitrogens with one attached hydrogen (secondary N) is 1. The maximum Gasteiger partial charge on any atom is 0.264 e. The Kier molecular flexibility index (Phi) is 8.14. The molecule has 0 unspecified atom stereocenters. The molecule has 3 aromatic carbocycles. The first-order valence-corrected chi connectivity index (χ1v) is 12.3. The van der Waals surface area contributed by atoms with Gasteiger partial charge in [-0.1, -0.05) is 36.4 Å². The first-order valence-electron chi connectivity index (χ1n) is 10.9. The Morgan fingerprint density at radius 1 is 0.914 bits per heavy atom. The number of carbonyl (C=O) groups excluding carboxylic acids is 1. The third kappa shape index (κ3) is 6.19. The largest absolute Gasteiger partial charge is 0.493 e. The number of methoxy groups -OCH3 is 2. The quantitative estimate of drug-likeness (QED) is 0.357. The molecule has 9 heteroatoms. The maximum atomic E-state index is 13.7. The van der Waals surface area contributed by atoms with Gasteiger partial charge in [0.15, 0.2) is 11.5 Å². The fraction of sp³-hybridized carbons (Fsp3) is 0.231. The zero-order chi connectivity index (χ0) is 25.6. The molecule has 8 nitrogen and oxygen atoms in total. The molecule has 0 saturated heterocycles. The number of carbonyl (C=O) groups is 1. The Balaban J connectivity index is 1.97. The average Bonchev–Trinajstić information content (AvgIpc) is 2.85. The molecule has 1 N–H and O–H groups in total. The van der Waals surface area contributed by atoms with Crippen molar-refractivity contribution in [2.75, 3.05) is 25.1 Å². The lowest BCUT2D eigenvalue weighted by Gasteiger charge is -2.25. The van der Waals surface area contributed by atoms with Crippen LogP contribution in [0.15, 0.2) is 76.7 Å². The van der Waals surface area contributed by atoms with E-state index in [0.29, 0.717) is 17.1 Å². The number of ether oxygens (including phenoxy) is 2. The number of hydrogen-bond donors (Lipinski definition) is 1. The molecule has 0 saturated carbocycles. The van der Waals surface area contributed by atoms with E-state index in [1.807, 2.05) is 50.2 Å². The third-order valence-electron chi connectivity index (χ3n) is 5.26. The number of sulfonamides is 1. The molecule has 0 aliphatic carbocycles. The van der Waals surface area contributed by atoms with Crippen LogP contribution in [0.2, 0.25) is 0 Å². The Hall–Kier alpha value is -3.85. The van der Waals surface area contributed by atoms with Gasteiger partial charge in [0.05, 0.1) is 30.5 Å². The van der Waals surface area contributed by atoms with Crippen molar-refractivity contribution >= 4 is 27.3 Å². The highest BCUT2D eigenvalue weighted by Crippen LogP contribution is 2.32.